The van der Waals surface area contributed by atoms with Crippen molar-refractivity contribution >= 4 is 17.6 Å². The number of benzene rings is 1. The van der Waals surface area contributed by atoms with E-state index in [9.17, 15) is 9.59 Å². The van der Waals surface area contributed by atoms with Crippen LogP contribution in [-0.2, 0) is 11.2 Å². The van der Waals surface area contributed by atoms with Gasteiger partial charge in [0.2, 0.25) is 5.91 Å². The number of nitrogens with one attached hydrogen (secondary N) is 1. The number of anilines is 1. The molecule has 1 aliphatic rings. The highest BCUT2D eigenvalue weighted by molar-refractivity contribution is 5.97. The number of carbonyl (C=O) groups excluding carboxylic acids is 1. The van der Waals surface area contributed by atoms with Gasteiger partial charge in [-0.25, -0.2) is 4.79 Å². The molecule has 0 radical (unpaired) electrons. The monoisotopic (exact) mass is 290 g/mol. The van der Waals surface area contributed by atoms with Crippen LogP contribution in [0.25, 0.3) is 0 Å². The summed E-state index contributed by atoms with van der Waals surface area (Å²) >= 11 is 0. The smallest absolute Gasteiger partial charge is 0.335 e. The van der Waals surface area contributed by atoms with E-state index in [1.165, 1.54) is 0 Å². The molecule has 0 aromatic heterocycles. The fraction of sp³-hybridized carbons (Fsp3) is 0.500. The molecule has 5 heteroatoms. The summed E-state index contributed by atoms with van der Waals surface area (Å²) in [7, 11) is 0. The minimum Gasteiger partial charge on any atom is -0.478 e. The quantitative estimate of drug-likeness (QED) is 0.890. The van der Waals surface area contributed by atoms with Crippen molar-refractivity contribution < 1.29 is 14.7 Å². The molecule has 0 unspecified atom stereocenters. The maximum absolute atomic E-state index is 12.3. The van der Waals surface area contributed by atoms with Gasteiger partial charge in [-0.3, -0.25) is 4.79 Å². The summed E-state index contributed by atoms with van der Waals surface area (Å²) in [4.78, 5) is 25.1. The lowest BCUT2D eigenvalue weighted by Crippen LogP contribution is -2.39. The molecular weight excluding hydrogens is 268 g/mol. The summed E-state index contributed by atoms with van der Waals surface area (Å²) < 4.78 is 0. The van der Waals surface area contributed by atoms with Crippen LogP contribution in [0, 0.1) is 0 Å². The topological polar surface area (TPSA) is 69.6 Å². The largest absolute Gasteiger partial charge is 0.478 e. The second-order valence-corrected chi connectivity index (χ2v) is 6.37. The minimum absolute atomic E-state index is 0.0142. The lowest BCUT2D eigenvalue weighted by Gasteiger charge is -2.22. The Balaban J connectivity index is 2.05. The van der Waals surface area contributed by atoms with Gasteiger partial charge in [0, 0.05) is 30.7 Å². The van der Waals surface area contributed by atoms with Gasteiger partial charge in [-0.05, 0) is 44.9 Å². The number of rotatable bonds is 4. The molecule has 114 valence electrons. The number of hydrogen-bond acceptors (Lipinski definition) is 3. The molecule has 5 nitrogen and oxygen atoms in total. The third-order valence-corrected chi connectivity index (χ3v) is 3.52. The van der Waals surface area contributed by atoms with Crippen LogP contribution in [0.1, 0.15) is 43.1 Å². The highest BCUT2D eigenvalue weighted by Crippen LogP contribution is 2.29. The zero-order valence-electron chi connectivity index (χ0n) is 12.8. The predicted molar refractivity (Wildman–Crippen MR) is 81.8 cm³/mol. The number of aromatic carboxylic acids is 1. The van der Waals surface area contributed by atoms with Crippen molar-refractivity contribution in [3.8, 4) is 0 Å². The molecule has 1 aliphatic heterocycles. The zero-order chi connectivity index (χ0) is 15.6. The predicted octanol–water partition coefficient (Wildman–Crippen LogP) is 2.05. The molecule has 1 heterocycles. The van der Waals surface area contributed by atoms with Crippen molar-refractivity contribution in [3.05, 3.63) is 29.3 Å². The fourth-order valence-electron chi connectivity index (χ4n) is 2.45. The molecule has 0 saturated heterocycles. The van der Waals surface area contributed by atoms with E-state index >= 15 is 0 Å². The first kappa shape index (κ1) is 15.5. The van der Waals surface area contributed by atoms with Crippen LogP contribution in [-0.4, -0.2) is 35.6 Å². The molecule has 21 heavy (non-hydrogen) atoms. The average Bonchev–Trinajstić information content (AvgIpc) is 2.79. The number of carbonyl (C=O) groups is 2. The minimum atomic E-state index is -0.966. The number of amides is 1. The second kappa shape index (κ2) is 5.85. The van der Waals surface area contributed by atoms with Gasteiger partial charge in [0.1, 0.15) is 0 Å². The molecule has 1 amide bonds. The van der Waals surface area contributed by atoms with Gasteiger partial charge in [0.05, 0.1) is 5.56 Å². The van der Waals surface area contributed by atoms with E-state index in [1.807, 2.05) is 0 Å². The van der Waals surface area contributed by atoms with Crippen molar-refractivity contribution in [2.45, 2.75) is 39.2 Å². The van der Waals surface area contributed by atoms with Crippen LogP contribution in [0.5, 0.6) is 0 Å². The molecule has 0 saturated carbocycles. The summed E-state index contributed by atoms with van der Waals surface area (Å²) in [6.07, 6.45) is 1.20. The van der Waals surface area contributed by atoms with Gasteiger partial charge < -0.3 is 15.3 Å². The highest BCUT2D eigenvalue weighted by Gasteiger charge is 2.25. The van der Waals surface area contributed by atoms with Gasteiger partial charge in [-0.2, -0.15) is 0 Å². The summed E-state index contributed by atoms with van der Waals surface area (Å²) in [5.41, 5.74) is 1.99. The number of fused-ring (bicyclic) bond motifs is 1. The molecule has 0 bridgehead atoms. The highest BCUT2D eigenvalue weighted by atomic mass is 16.4. The van der Waals surface area contributed by atoms with Crippen LogP contribution < -0.4 is 10.2 Å². The standard InChI is InChI=1S/C16H22N2O3/c1-16(2,3)17-8-6-14(19)18-9-7-11-4-5-12(15(20)21)10-13(11)18/h4-5,10,17H,6-9H2,1-3H3,(H,20,21). The Hall–Kier alpha value is -1.88. The van der Waals surface area contributed by atoms with Crippen molar-refractivity contribution in [2.75, 3.05) is 18.0 Å². The van der Waals surface area contributed by atoms with Crippen molar-refractivity contribution in [2.24, 2.45) is 0 Å². The summed E-state index contributed by atoms with van der Waals surface area (Å²) in [6.45, 7) is 7.42. The molecule has 0 aliphatic carbocycles. The van der Waals surface area contributed by atoms with Crippen molar-refractivity contribution in [1.82, 2.24) is 5.32 Å². The van der Waals surface area contributed by atoms with Crippen molar-refractivity contribution in [3.63, 3.8) is 0 Å². The Morgan fingerprint density at radius 2 is 2.05 bits per heavy atom. The van der Waals surface area contributed by atoms with Crippen LogP contribution in [0.4, 0.5) is 5.69 Å². The Kier molecular flexibility index (Phi) is 4.32. The SMILES string of the molecule is CC(C)(C)NCCC(=O)N1CCc2ccc(C(=O)O)cc21. The van der Waals surface area contributed by atoms with Crippen LogP contribution in [0.15, 0.2) is 18.2 Å². The fourth-order valence-corrected chi connectivity index (χ4v) is 2.45. The second-order valence-electron chi connectivity index (χ2n) is 6.37. The number of carboxylic acid groups (broad SMARTS) is 1. The molecule has 2 rings (SSSR count). The first-order valence-corrected chi connectivity index (χ1v) is 7.19. The van der Waals surface area contributed by atoms with Crippen LogP contribution in [0.3, 0.4) is 0 Å². The first-order chi connectivity index (χ1) is 9.78. The number of hydrogen-bond donors (Lipinski definition) is 2. The zero-order valence-corrected chi connectivity index (χ0v) is 12.8. The molecule has 0 spiro atoms. The van der Waals surface area contributed by atoms with Gasteiger partial charge in [0.25, 0.3) is 0 Å². The Morgan fingerprint density at radius 1 is 1.33 bits per heavy atom. The first-order valence-electron chi connectivity index (χ1n) is 7.19. The number of nitrogens with zero attached hydrogens (tertiary/aromatic N) is 1. The van der Waals surface area contributed by atoms with Gasteiger partial charge in [0.15, 0.2) is 0 Å². The van der Waals surface area contributed by atoms with Crippen molar-refractivity contribution in [1.29, 1.82) is 0 Å². The number of carboxylic acids is 1. The molecular formula is C16H22N2O3. The Bertz CT molecular complexity index is 561. The molecule has 2 N–H and O–H groups in total. The molecule has 0 atom stereocenters. The molecule has 1 aromatic rings. The van der Waals surface area contributed by atoms with E-state index in [0.29, 0.717) is 19.5 Å². The Labute approximate surface area is 125 Å². The van der Waals surface area contributed by atoms with E-state index in [2.05, 4.69) is 26.1 Å². The third-order valence-electron chi connectivity index (χ3n) is 3.52. The van der Waals surface area contributed by atoms with Crippen LogP contribution >= 0.6 is 0 Å². The molecule has 0 fully saturated rings. The van der Waals surface area contributed by atoms with E-state index in [4.69, 9.17) is 5.11 Å². The van der Waals surface area contributed by atoms with Crippen LogP contribution in [0.2, 0.25) is 0 Å². The maximum atomic E-state index is 12.3. The normalized spacial score (nSPS) is 14.1. The van der Waals surface area contributed by atoms with E-state index in [1.54, 1.807) is 23.1 Å². The van der Waals surface area contributed by atoms with Gasteiger partial charge in [-0.15, -0.1) is 0 Å². The third kappa shape index (κ3) is 3.82. The average molecular weight is 290 g/mol. The summed E-state index contributed by atoms with van der Waals surface area (Å²) in [6, 6.07) is 5.00. The summed E-state index contributed by atoms with van der Waals surface area (Å²) in [5, 5.41) is 12.3. The Morgan fingerprint density at radius 3 is 2.67 bits per heavy atom. The molecule has 1 aromatic carbocycles. The van der Waals surface area contributed by atoms with Gasteiger partial charge >= 0.3 is 5.97 Å². The van der Waals surface area contributed by atoms with E-state index < -0.39 is 5.97 Å². The lowest BCUT2D eigenvalue weighted by molar-refractivity contribution is -0.118. The van der Waals surface area contributed by atoms with E-state index in [0.717, 1.165) is 17.7 Å². The van der Waals surface area contributed by atoms with Gasteiger partial charge in [-0.1, -0.05) is 6.07 Å². The maximum Gasteiger partial charge on any atom is 0.335 e. The summed E-state index contributed by atoms with van der Waals surface area (Å²) in [5.74, 6) is -0.931. The lowest BCUT2D eigenvalue weighted by atomic mass is 10.1. The van der Waals surface area contributed by atoms with E-state index in [-0.39, 0.29) is 17.0 Å².